The molecule has 21 heavy (non-hydrogen) atoms. The van der Waals surface area contributed by atoms with Gasteiger partial charge in [0.2, 0.25) is 5.95 Å². The van der Waals surface area contributed by atoms with Crippen LogP contribution in [0.25, 0.3) is 0 Å². The van der Waals surface area contributed by atoms with Crippen LogP contribution in [0.15, 0.2) is 6.07 Å². The first-order valence-electron chi connectivity index (χ1n) is 8.02. The van der Waals surface area contributed by atoms with Crippen LogP contribution in [0.5, 0.6) is 0 Å². The molecule has 0 aliphatic carbocycles. The predicted octanol–water partition coefficient (Wildman–Crippen LogP) is 1.63. The van der Waals surface area contributed by atoms with Gasteiger partial charge in [-0.05, 0) is 31.4 Å². The van der Waals surface area contributed by atoms with Crippen molar-refractivity contribution in [2.24, 2.45) is 11.7 Å². The molecule has 5 nitrogen and oxygen atoms in total. The number of piperazine rings is 1. The number of anilines is 1. The van der Waals surface area contributed by atoms with E-state index in [1.165, 1.54) is 0 Å². The van der Waals surface area contributed by atoms with Crippen LogP contribution in [0.1, 0.15) is 38.1 Å². The Bertz CT molecular complexity index is 452. The standard InChI is InChI=1S/C16H29N5/c1-12(2)15-9-14(4)18-16(19-15)21-7-5-20(6-8-21)11-13(3)10-17/h9,12-13H,5-8,10-11,17H2,1-4H3. The summed E-state index contributed by atoms with van der Waals surface area (Å²) in [5, 5.41) is 0. The summed E-state index contributed by atoms with van der Waals surface area (Å²) in [6.45, 7) is 14.6. The monoisotopic (exact) mass is 291 g/mol. The minimum Gasteiger partial charge on any atom is -0.338 e. The predicted molar refractivity (Wildman–Crippen MR) is 87.7 cm³/mol. The van der Waals surface area contributed by atoms with Gasteiger partial charge in [0.05, 0.1) is 0 Å². The Morgan fingerprint density at radius 2 is 1.81 bits per heavy atom. The molecule has 1 aromatic rings. The van der Waals surface area contributed by atoms with E-state index >= 15 is 0 Å². The van der Waals surface area contributed by atoms with Gasteiger partial charge in [-0.25, -0.2) is 9.97 Å². The second-order valence-corrected chi connectivity index (χ2v) is 6.52. The van der Waals surface area contributed by atoms with Gasteiger partial charge in [-0.3, -0.25) is 4.90 Å². The third-order valence-electron chi connectivity index (χ3n) is 4.08. The summed E-state index contributed by atoms with van der Waals surface area (Å²) in [5.74, 6) is 1.90. The van der Waals surface area contributed by atoms with Crippen LogP contribution in [-0.4, -0.2) is 54.1 Å². The van der Waals surface area contributed by atoms with Gasteiger partial charge in [-0.1, -0.05) is 20.8 Å². The Morgan fingerprint density at radius 1 is 1.14 bits per heavy atom. The van der Waals surface area contributed by atoms with Crippen molar-refractivity contribution in [2.45, 2.75) is 33.6 Å². The molecular formula is C16H29N5. The number of hydrogen-bond donors (Lipinski definition) is 1. The lowest BCUT2D eigenvalue weighted by molar-refractivity contribution is 0.226. The van der Waals surface area contributed by atoms with Crippen LogP contribution in [0.4, 0.5) is 5.95 Å². The fourth-order valence-corrected chi connectivity index (χ4v) is 2.66. The maximum atomic E-state index is 5.71. The molecule has 0 aromatic carbocycles. The number of nitrogens with zero attached hydrogens (tertiary/aromatic N) is 4. The molecule has 1 aliphatic heterocycles. The SMILES string of the molecule is Cc1cc(C(C)C)nc(N2CCN(CC(C)CN)CC2)n1. The first-order chi connectivity index (χ1) is 9.99. The highest BCUT2D eigenvalue weighted by Crippen LogP contribution is 2.18. The van der Waals surface area contributed by atoms with Gasteiger partial charge >= 0.3 is 0 Å². The van der Waals surface area contributed by atoms with E-state index in [0.29, 0.717) is 11.8 Å². The quantitative estimate of drug-likeness (QED) is 0.893. The van der Waals surface area contributed by atoms with Crippen molar-refractivity contribution in [3.8, 4) is 0 Å². The molecule has 1 atom stereocenters. The highest BCUT2D eigenvalue weighted by Gasteiger charge is 2.20. The van der Waals surface area contributed by atoms with Crippen molar-refractivity contribution in [3.05, 3.63) is 17.5 Å². The zero-order valence-corrected chi connectivity index (χ0v) is 13.8. The molecule has 2 heterocycles. The summed E-state index contributed by atoms with van der Waals surface area (Å²) in [4.78, 5) is 14.2. The van der Waals surface area contributed by atoms with Crippen LogP contribution < -0.4 is 10.6 Å². The molecule has 1 saturated heterocycles. The molecule has 118 valence electrons. The average molecular weight is 291 g/mol. The molecular weight excluding hydrogens is 262 g/mol. The van der Waals surface area contributed by atoms with E-state index in [2.05, 4.69) is 48.5 Å². The fourth-order valence-electron chi connectivity index (χ4n) is 2.66. The molecule has 1 fully saturated rings. The lowest BCUT2D eigenvalue weighted by Crippen LogP contribution is -2.48. The highest BCUT2D eigenvalue weighted by atomic mass is 15.3. The van der Waals surface area contributed by atoms with E-state index < -0.39 is 0 Å². The van der Waals surface area contributed by atoms with Gasteiger partial charge in [-0.2, -0.15) is 0 Å². The summed E-state index contributed by atoms with van der Waals surface area (Å²) < 4.78 is 0. The zero-order chi connectivity index (χ0) is 15.4. The maximum Gasteiger partial charge on any atom is 0.225 e. The van der Waals surface area contributed by atoms with Crippen LogP contribution in [0.2, 0.25) is 0 Å². The van der Waals surface area contributed by atoms with Crippen molar-refractivity contribution in [1.82, 2.24) is 14.9 Å². The molecule has 0 radical (unpaired) electrons. The molecule has 0 amide bonds. The zero-order valence-electron chi connectivity index (χ0n) is 13.8. The summed E-state index contributed by atoms with van der Waals surface area (Å²) >= 11 is 0. The Morgan fingerprint density at radius 3 is 2.38 bits per heavy atom. The number of hydrogen-bond acceptors (Lipinski definition) is 5. The lowest BCUT2D eigenvalue weighted by Gasteiger charge is -2.36. The van der Waals surface area contributed by atoms with Gasteiger partial charge < -0.3 is 10.6 Å². The van der Waals surface area contributed by atoms with Crippen LogP contribution >= 0.6 is 0 Å². The van der Waals surface area contributed by atoms with Crippen molar-refractivity contribution in [3.63, 3.8) is 0 Å². The van der Waals surface area contributed by atoms with Gasteiger partial charge in [0.1, 0.15) is 0 Å². The molecule has 2 rings (SSSR count). The summed E-state index contributed by atoms with van der Waals surface area (Å²) in [7, 11) is 0. The van der Waals surface area contributed by atoms with E-state index in [1.54, 1.807) is 0 Å². The average Bonchev–Trinajstić information content (AvgIpc) is 2.47. The topological polar surface area (TPSA) is 58.3 Å². The largest absolute Gasteiger partial charge is 0.338 e. The van der Waals surface area contributed by atoms with E-state index in [-0.39, 0.29) is 0 Å². The minimum atomic E-state index is 0.442. The third-order valence-corrected chi connectivity index (χ3v) is 4.08. The van der Waals surface area contributed by atoms with Gasteiger partial charge in [0, 0.05) is 44.1 Å². The minimum absolute atomic E-state index is 0.442. The molecule has 1 aromatic heterocycles. The second kappa shape index (κ2) is 7.18. The Kier molecular flexibility index (Phi) is 5.53. The second-order valence-electron chi connectivity index (χ2n) is 6.52. The number of nitrogens with two attached hydrogens (primary N) is 1. The smallest absolute Gasteiger partial charge is 0.225 e. The van der Waals surface area contributed by atoms with Crippen LogP contribution in [0, 0.1) is 12.8 Å². The summed E-state index contributed by atoms with van der Waals surface area (Å²) in [6.07, 6.45) is 0. The van der Waals surface area contributed by atoms with Gasteiger partial charge in [0.25, 0.3) is 0 Å². The van der Waals surface area contributed by atoms with Crippen molar-refractivity contribution < 1.29 is 0 Å². The molecule has 0 spiro atoms. The van der Waals surface area contributed by atoms with E-state index in [1.807, 2.05) is 0 Å². The molecule has 2 N–H and O–H groups in total. The first-order valence-corrected chi connectivity index (χ1v) is 8.02. The lowest BCUT2D eigenvalue weighted by atomic mass is 10.1. The van der Waals surface area contributed by atoms with E-state index in [9.17, 15) is 0 Å². The fraction of sp³-hybridized carbons (Fsp3) is 0.750. The van der Waals surface area contributed by atoms with Gasteiger partial charge in [0.15, 0.2) is 0 Å². The van der Waals surface area contributed by atoms with Crippen molar-refractivity contribution in [2.75, 3.05) is 44.2 Å². The first kappa shape index (κ1) is 16.2. The van der Waals surface area contributed by atoms with E-state index in [4.69, 9.17) is 10.7 Å². The molecule has 0 bridgehead atoms. The normalized spacial score (nSPS) is 18.3. The summed E-state index contributed by atoms with van der Waals surface area (Å²) in [5.41, 5.74) is 7.91. The molecule has 0 saturated carbocycles. The number of aromatic nitrogens is 2. The number of rotatable bonds is 5. The molecule has 1 aliphatic rings. The summed E-state index contributed by atoms with van der Waals surface area (Å²) in [6, 6.07) is 2.09. The number of aryl methyl sites for hydroxylation is 1. The highest BCUT2D eigenvalue weighted by molar-refractivity contribution is 5.33. The Hall–Kier alpha value is -1.20. The van der Waals surface area contributed by atoms with Crippen LogP contribution in [-0.2, 0) is 0 Å². The maximum absolute atomic E-state index is 5.71. The van der Waals surface area contributed by atoms with Crippen LogP contribution in [0.3, 0.4) is 0 Å². The third kappa shape index (κ3) is 4.38. The Balaban J connectivity index is 1.99. The molecule has 5 heteroatoms. The van der Waals surface area contributed by atoms with Crippen molar-refractivity contribution >= 4 is 5.95 Å². The van der Waals surface area contributed by atoms with Gasteiger partial charge in [-0.15, -0.1) is 0 Å². The van der Waals surface area contributed by atoms with Crippen molar-refractivity contribution in [1.29, 1.82) is 0 Å². The Labute approximate surface area is 128 Å². The molecule has 1 unspecified atom stereocenters. The van der Waals surface area contributed by atoms with E-state index in [0.717, 1.165) is 56.6 Å².